The minimum atomic E-state index is -0.106. The van der Waals surface area contributed by atoms with Gasteiger partial charge < -0.3 is 20.7 Å². The van der Waals surface area contributed by atoms with Gasteiger partial charge in [0, 0.05) is 38.7 Å². The molecule has 0 unspecified atom stereocenters. The predicted molar refractivity (Wildman–Crippen MR) is 117 cm³/mol. The van der Waals surface area contributed by atoms with Crippen molar-refractivity contribution in [3.05, 3.63) is 35.4 Å². The molecule has 1 rings (SSSR count). The molecule has 162 valence electrons. The van der Waals surface area contributed by atoms with Crippen LogP contribution in [0.1, 0.15) is 61.9 Å². The van der Waals surface area contributed by atoms with E-state index in [0.29, 0.717) is 18.6 Å². The molecule has 0 heterocycles. The monoisotopic (exact) mass is 404 g/mol. The van der Waals surface area contributed by atoms with Crippen molar-refractivity contribution in [2.45, 2.75) is 52.4 Å². The molecule has 0 atom stereocenters. The van der Waals surface area contributed by atoms with Crippen LogP contribution in [-0.2, 0) is 16.0 Å². The van der Waals surface area contributed by atoms with Gasteiger partial charge in [-0.1, -0.05) is 25.0 Å². The fourth-order valence-electron chi connectivity index (χ4n) is 2.84. The summed E-state index contributed by atoms with van der Waals surface area (Å²) in [7, 11) is 1.64. The fraction of sp³-hybridized carbons (Fsp3) is 0.591. The Bertz CT molecular complexity index is 647. The fourth-order valence-corrected chi connectivity index (χ4v) is 2.84. The number of hydrogen-bond donors (Lipinski definition) is 3. The van der Waals surface area contributed by atoms with Crippen molar-refractivity contribution in [3.63, 3.8) is 0 Å². The number of guanidine groups is 1. The van der Waals surface area contributed by atoms with E-state index in [4.69, 9.17) is 4.74 Å². The Morgan fingerprint density at radius 1 is 1.07 bits per heavy atom. The Morgan fingerprint density at radius 3 is 2.59 bits per heavy atom. The number of unbranched alkanes of at least 4 members (excludes halogenated alkanes) is 3. The van der Waals surface area contributed by atoms with E-state index in [1.165, 1.54) is 0 Å². The first-order chi connectivity index (χ1) is 14.1. The van der Waals surface area contributed by atoms with Crippen molar-refractivity contribution < 1.29 is 14.3 Å². The van der Waals surface area contributed by atoms with E-state index in [9.17, 15) is 9.59 Å². The molecular formula is C22H36N4O3. The summed E-state index contributed by atoms with van der Waals surface area (Å²) in [6.07, 6.45) is 5.24. The summed E-state index contributed by atoms with van der Waals surface area (Å²) >= 11 is 0. The molecule has 1 amide bonds. The summed E-state index contributed by atoms with van der Waals surface area (Å²) in [6, 6.07) is 7.66. The molecule has 1 aromatic carbocycles. The SMILES string of the molecule is CCNC(=NCCCCCCC(=O)OCC)NCCc1cccc(C(=O)NC)c1. The van der Waals surface area contributed by atoms with Crippen LogP contribution in [0.4, 0.5) is 0 Å². The minimum absolute atomic E-state index is 0.0723. The summed E-state index contributed by atoms with van der Waals surface area (Å²) in [5, 5.41) is 9.24. The number of amides is 1. The van der Waals surface area contributed by atoms with Crippen LogP contribution in [0.3, 0.4) is 0 Å². The average Bonchev–Trinajstić information content (AvgIpc) is 2.72. The molecule has 0 aromatic heterocycles. The van der Waals surface area contributed by atoms with Crippen LogP contribution in [0, 0.1) is 0 Å². The van der Waals surface area contributed by atoms with E-state index in [1.54, 1.807) is 7.05 Å². The van der Waals surface area contributed by atoms with Crippen molar-refractivity contribution in [2.75, 3.05) is 33.3 Å². The maximum Gasteiger partial charge on any atom is 0.305 e. The molecule has 0 fully saturated rings. The maximum absolute atomic E-state index is 11.7. The molecule has 0 aliphatic heterocycles. The van der Waals surface area contributed by atoms with Crippen LogP contribution >= 0.6 is 0 Å². The van der Waals surface area contributed by atoms with Gasteiger partial charge in [0.1, 0.15) is 0 Å². The third kappa shape index (κ3) is 11.1. The van der Waals surface area contributed by atoms with Crippen molar-refractivity contribution in [2.24, 2.45) is 4.99 Å². The van der Waals surface area contributed by atoms with E-state index < -0.39 is 0 Å². The van der Waals surface area contributed by atoms with Gasteiger partial charge in [0.15, 0.2) is 5.96 Å². The normalized spacial score (nSPS) is 11.1. The quantitative estimate of drug-likeness (QED) is 0.203. The Balaban J connectivity index is 2.30. The third-order valence-corrected chi connectivity index (χ3v) is 4.33. The summed E-state index contributed by atoms with van der Waals surface area (Å²) in [5.74, 6) is 0.628. The zero-order chi connectivity index (χ0) is 21.3. The lowest BCUT2D eigenvalue weighted by atomic mass is 10.1. The first kappa shape index (κ1) is 24.5. The van der Waals surface area contributed by atoms with Crippen LogP contribution in [0.5, 0.6) is 0 Å². The molecule has 3 N–H and O–H groups in total. The topological polar surface area (TPSA) is 91.8 Å². The average molecular weight is 405 g/mol. The van der Waals surface area contributed by atoms with Crippen molar-refractivity contribution in [3.8, 4) is 0 Å². The van der Waals surface area contributed by atoms with Gasteiger partial charge in [0.25, 0.3) is 5.91 Å². The molecule has 7 heteroatoms. The summed E-state index contributed by atoms with van der Waals surface area (Å²) in [4.78, 5) is 27.6. The number of carbonyl (C=O) groups excluding carboxylic acids is 2. The van der Waals surface area contributed by atoms with E-state index >= 15 is 0 Å². The molecular weight excluding hydrogens is 368 g/mol. The van der Waals surface area contributed by atoms with Crippen LogP contribution in [0.2, 0.25) is 0 Å². The van der Waals surface area contributed by atoms with Gasteiger partial charge >= 0.3 is 5.97 Å². The number of nitrogens with one attached hydrogen (secondary N) is 3. The van der Waals surface area contributed by atoms with E-state index in [2.05, 4.69) is 20.9 Å². The number of esters is 1. The molecule has 0 bridgehead atoms. The van der Waals surface area contributed by atoms with Crippen LogP contribution in [0.25, 0.3) is 0 Å². The first-order valence-electron chi connectivity index (χ1n) is 10.6. The minimum Gasteiger partial charge on any atom is -0.466 e. The second-order valence-electron chi connectivity index (χ2n) is 6.69. The molecule has 0 saturated heterocycles. The second kappa shape index (κ2) is 15.4. The lowest BCUT2D eigenvalue weighted by molar-refractivity contribution is -0.143. The second-order valence-corrected chi connectivity index (χ2v) is 6.69. The van der Waals surface area contributed by atoms with Crippen molar-refractivity contribution >= 4 is 17.8 Å². The van der Waals surface area contributed by atoms with Crippen LogP contribution in [0.15, 0.2) is 29.3 Å². The van der Waals surface area contributed by atoms with Gasteiger partial charge in [-0.2, -0.15) is 0 Å². The molecule has 0 saturated carbocycles. The molecule has 1 aromatic rings. The van der Waals surface area contributed by atoms with Gasteiger partial charge in [0.05, 0.1) is 6.61 Å². The molecule has 0 spiro atoms. The molecule has 0 aliphatic carbocycles. The van der Waals surface area contributed by atoms with Crippen LogP contribution < -0.4 is 16.0 Å². The number of nitrogens with zero attached hydrogens (tertiary/aromatic N) is 1. The van der Waals surface area contributed by atoms with Crippen molar-refractivity contribution in [1.82, 2.24) is 16.0 Å². The highest BCUT2D eigenvalue weighted by Gasteiger charge is 2.04. The van der Waals surface area contributed by atoms with Crippen molar-refractivity contribution in [1.29, 1.82) is 0 Å². The zero-order valence-electron chi connectivity index (χ0n) is 18.1. The highest BCUT2D eigenvalue weighted by molar-refractivity contribution is 5.94. The maximum atomic E-state index is 11.7. The Hall–Kier alpha value is -2.57. The van der Waals surface area contributed by atoms with Crippen LogP contribution in [-0.4, -0.2) is 51.1 Å². The Kier molecular flexibility index (Phi) is 13.0. The first-order valence-corrected chi connectivity index (χ1v) is 10.6. The standard InChI is InChI=1S/C22H36N4O3/c1-4-24-22(25-15-9-7-6-8-13-20(27)29-5-2)26-16-14-18-11-10-12-19(17-18)21(28)23-3/h10-12,17H,4-9,13-16H2,1-3H3,(H,23,28)(H2,24,25,26). The predicted octanol–water partition coefficient (Wildman–Crippen LogP) is 2.66. The number of ether oxygens (including phenoxy) is 1. The number of rotatable bonds is 13. The number of aliphatic imine (C=N–C) groups is 1. The van der Waals surface area contributed by atoms with Gasteiger partial charge in [-0.05, 0) is 50.8 Å². The number of hydrogen-bond acceptors (Lipinski definition) is 4. The summed E-state index contributed by atoms with van der Waals surface area (Å²) in [5.41, 5.74) is 1.78. The molecule has 0 radical (unpaired) electrons. The lowest BCUT2D eigenvalue weighted by Gasteiger charge is -2.11. The summed E-state index contributed by atoms with van der Waals surface area (Å²) in [6.45, 7) is 6.61. The lowest BCUT2D eigenvalue weighted by Crippen LogP contribution is -2.38. The highest BCUT2D eigenvalue weighted by Crippen LogP contribution is 2.06. The summed E-state index contributed by atoms with van der Waals surface area (Å²) < 4.78 is 4.92. The Labute approximate surface area is 174 Å². The zero-order valence-corrected chi connectivity index (χ0v) is 18.1. The molecule has 7 nitrogen and oxygen atoms in total. The Morgan fingerprint density at radius 2 is 1.86 bits per heavy atom. The van der Waals surface area contributed by atoms with Gasteiger partial charge in [-0.15, -0.1) is 0 Å². The van der Waals surface area contributed by atoms with E-state index in [0.717, 1.165) is 63.3 Å². The van der Waals surface area contributed by atoms with Gasteiger partial charge in [0.2, 0.25) is 0 Å². The van der Waals surface area contributed by atoms with E-state index in [-0.39, 0.29) is 11.9 Å². The number of benzene rings is 1. The highest BCUT2D eigenvalue weighted by atomic mass is 16.5. The van der Waals surface area contributed by atoms with Gasteiger partial charge in [-0.25, -0.2) is 0 Å². The molecule has 0 aliphatic rings. The van der Waals surface area contributed by atoms with Gasteiger partial charge in [-0.3, -0.25) is 14.6 Å². The molecule has 29 heavy (non-hydrogen) atoms. The third-order valence-electron chi connectivity index (χ3n) is 4.33. The largest absolute Gasteiger partial charge is 0.466 e. The number of carbonyl (C=O) groups is 2. The smallest absolute Gasteiger partial charge is 0.305 e. The van der Waals surface area contributed by atoms with E-state index in [1.807, 2.05) is 38.1 Å².